The highest BCUT2D eigenvalue weighted by atomic mass is 35.5. The van der Waals surface area contributed by atoms with Gasteiger partial charge in [0.05, 0.1) is 11.2 Å². The predicted octanol–water partition coefficient (Wildman–Crippen LogP) is 4.80. The number of benzene rings is 2. The predicted molar refractivity (Wildman–Crippen MR) is 100 cm³/mol. The first-order valence-electron chi connectivity index (χ1n) is 7.30. The summed E-state index contributed by atoms with van der Waals surface area (Å²) < 4.78 is 0.980. The van der Waals surface area contributed by atoms with Crippen LogP contribution in [0.5, 0.6) is 0 Å². The van der Waals surface area contributed by atoms with Crippen LogP contribution in [-0.4, -0.2) is 17.1 Å². The van der Waals surface area contributed by atoms with Gasteiger partial charge >= 0.3 is 0 Å². The summed E-state index contributed by atoms with van der Waals surface area (Å²) >= 11 is 7.66. The Kier molecular flexibility index (Phi) is 3.80. The molecule has 6 heteroatoms. The summed E-state index contributed by atoms with van der Waals surface area (Å²) in [5, 5.41) is 6.46. The van der Waals surface area contributed by atoms with Gasteiger partial charge in [0.1, 0.15) is 4.88 Å². The Morgan fingerprint density at radius 1 is 1.12 bits per heavy atom. The first-order chi connectivity index (χ1) is 11.7. The minimum Gasteiger partial charge on any atom is -0.361 e. The number of fused-ring (bicyclic) bond motifs is 2. The molecule has 2 heterocycles. The fraction of sp³-hybridized carbons (Fsp3) is 0. The van der Waals surface area contributed by atoms with Crippen LogP contribution in [0.25, 0.3) is 21.0 Å². The maximum atomic E-state index is 12.3. The number of carbonyl (C=O) groups is 1. The number of rotatable bonds is 3. The smallest absolute Gasteiger partial charge is 0.283 e. The zero-order valence-corrected chi connectivity index (χ0v) is 14.0. The van der Waals surface area contributed by atoms with Gasteiger partial charge in [-0.05, 0) is 12.1 Å². The van der Waals surface area contributed by atoms with Crippen molar-refractivity contribution < 1.29 is 4.79 Å². The van der Waals surface area contributed by atoms with Crippen molar-refractivity contribution in [3.63, 3.8) is 0 Å². The summed E-state index contributed by atoms with van der Waals surface area (Å²) in [6, 6.07) is 15.6. The van der Waals surface area contributed by atoms with E-state index >= 15 is 0 Å². The second-order valence-corrected chi connectivity index (χ2v) is 6.66. The molecule has 0 fully saturated rings. The van der Waals surface area contributed by atoms with E-state index in [1.807, 2.05) is 54.7 Å². The number of aromatic nitrogens is 1. The summed E-state index contributed by atoms with van der Waals surface area (Å²) in [4.78, 5) is 15.9. The largest absolute Gasteiger partial charge is 0.361 e. The number of amides is 1. The third kappa shape index (κ3) is 2.58. The minimum absolute atomic E-state index is 0.308. The zero-order valence-electron chi connectivity index (χ0n) is 12.4. The van der Waals surface area contributed by atoms with Gasteiger partial charge in [0.2, 0.25) is 0 Å². The fourth-order valence-corrected chi connectivity index (χ4v) is 3.98. The Morgan fingerprint density at radius 3 is 2.71 bits per heavy atom. The molecule has 0 radical (unpaired) electrons. The lowest BCUT2D eigenvalue weighted by atomic mass is 10.2. The summed E-state index contributed by atoms with van der Waals surface area (Å²) in [6.07, 6.45) is 3.48. The molecule has 0 atom stereocenters. The number of aromatic amines is 1. The second-order valence-electron chi connectivity index (χ2n) is 5.23. The molecule has 4 nitrogen and oxygen atoms in total. The standard InChI is InChI=1S/C18H12ClN3OS/c19-16-13-6-2-4-8-15(13)24-17(16)18(23)22-21-10-11-9-20-14-7-3-1-5-12(11)14/h1-10,20H,(H,22,23)/b21-10-. The van der Waals surface area contributed by atoms with Gasteiger partial charge in [-0.15, -0.1) is 11.3 Å². The number of thiophene rings is 1. The number of nitrogens with one attached hydrogen (secondary N) is 2. The van der Waals surface area contributed by atoms with E-state index in [0.717, 1.165) is 26.6 Å². The van der Waals surface area contributed by atoms with Crippen LogP contribution in [0.3, 0.4) is 0 Å². The molecule has 0 spiro atoms. The van der Waals surface area contributed by atoms with Crippen LogP contribution in [-0.2, 0) is 0 Å². The van der Waals surface area contributed by atoms with Crippen molar-refractivity contribution in [1.82, 2.24) is 10.4 Å². The SMILES string of the molecule is O=C(N/N=C\c1c[nH]c2ccccc12)c1sc2ccccc2c1Cl. The molecule has 24 heavy (non-hydrogen) atoms. The van der Waals surface area contributed by atoms with Crippen LogP contribution in [0.15, 0.2) is 59.8 Å². The molecule has 4 rings (SSSR count). The minimum atomic E-state index is -0.308. The van der Waals surface area contributed by atoms with Crippen LogP contribution in [0.4, 0.5) is 0 Å². The third-order valence-electron chi connectivity index (χ3n) is 3.73. The van der Waals surface area contributed by atoms with E-state index in [9.17, 15) is 4.79 Å². The molecule has 0 aliphatic heterocycles. The maximum absolute atomic E-state index is 12.3. The molecule has 2 aromatic carbocycles. The van der Waals surface area contributed by atoms with Gasteiger partial charge < -0.3 is 4.98 Å². The normalized spacial score (nSPS) is 11.5. The van der Waals surface area contributed by atoms with E-state index in [1.54, 1.807) is 6.21 Å². The number of nitrogens with zero attached hydrogens (tertiary/aromatic N) is 1. The van der Waals surface area contributed by atoms with Gasteiger partial charge in [-0.3, -0.25) is 4.79 Å². The van der Waals surface area contributed by atoms with Crippen molar-refractivity contribution in [2.75, 3.05) is 0 Å². The Balaban J connectivity index is 1.56. The van der Waals surface area contributed by atoms with Gasteiger partial charge in [0, 0.05) is 32.7 Å². The van der Waals surface area contributed by atoms with Crippen LogP contribution < -0.4 is 5.43 Å². The Morgan fingerprint density at radius 2 is 1.88 bits per heavy atom. The van der Waals surface area contributed by atoms with E-state index in [2.05, 4.69) is 15.5 Å². The van der Waals surface area contributed by atoms with Gasteiger partial charge in [-0.25, -0.2) is 5.43 Å². The van der Waals surface area contributed by atoms with Crippen molar-refractivity contribution >= 4 is 56.0 Å². The topological polar surface area (TPSA) is 57.2 Å². The summed E-state index contributed by atoms with van der Waals surface area (Å²) in [7, 11) is 0. The third-order valence-corrected chi connectivity index (χ3v) is 5.41. The lowest BCUT2D eigenvalue weighted by Gasteiger charge is -1.97. The molecule has 0 saturated carbocycles. The van der Waals surface area contributed by atoms with Crippen molar-refractivity contribution in [1.29, 1.82) is 0 Å². The Labute approximate surface area is 146 Å². The van der Waals surface area contributed by atoms with Crippen LogP contribution >= 0.6 is 22.9 Å². The van der Waals surface area contributed by atoms with E-state index in [-0.39, 0.29) is 5.91 Å². The molecule has 4 aromatic rings. The number of carbonyl (C=O) groups excluding carboxylic acids is 1. The lowest BCUT2D eigenvalue weighted by Crippen LogP contribution is -2.16. The first kappa shape index (κ1) is 14.9. The molecular formula is C18H12ClN3OS. The van der Waals surface area contributed by atoms with Gasteiger partial charge in [-0.1, -0.05) is 48.0 Å². The summed E-state index contributed by atoms with van der Waals surface area (Å²) in [5.74, 6) is -0.308. The Bertz CT molecular complexity index is 1080. The Hall–Kier alpha value is -2.63. The molecule has 0 bridgehead atoms. The number of H-pyrrole nitrogens is 1. The van der Waals surface area contributed by atoms with E-state index in [1.165, 1.54) is 11.3 Å². The fourth-order valence-electron chi connectivity index (χ4n) is 2.57. The quantitative estimate of drug-likeness (QED) is 0.403. The molecule has 0 unspecified atom stereocenters. The number of hydrogen-bond donors (Lipinski definition) is 2. The highest BCUT2D eigenvalue weighted by molar-refractivity contribution is 7.21. The van der Waals surface area contributed by atoms with E-state index < -0.39 is 0 Å². The molecular weight excluding hydrogens is 342 g/mol. The number of hydrogen-bond acceptors (Lipinski definition) is 3. The van der Waals surface area contributed by atoms with Gasteiger partial charge in [0.15, 0.2) is 0 Å². The number of halogens is 1. The second kappa shape index (κ2) is 6.11. The van der Waals surface area contributed by atoms with Crippen molar-refractivity contribution in [2.24, 2.45) is 5.10 Å². The molecule has 1 amide bonds. The van der Waals surface area contributed by atoms with E-state index in [4.69, 9.17) is 11.6 Å². The summed E-state index contributed by atoms with van der Waals surface area (Å²) in [5.41, 5.74) is 4.48. The molecule has 2 aromatic heterocycles. The monoisotopic (exact) mass is 353 g/mol. The van der Waals surface area contributed by atoms with Gasteiger partial charge in [0.25, 0.3) is 5.91 Å². The average Bonchev–Trinajstić information content (AvgIpc) is 3.17. The highest BCUT2D eigenvalue weighted by Crippen LogP contribution is 2.34. The van der Waals surface area contributed by atoms with Crippen LogP contribution in [0.1, 0.15) is 15.2 Å². The van der Waals surface area contributed by atoms with Gasteiger partial charge in [-0.2, -0.15) is 5.10 Å². The van der Waals surface area contributed by atoms with Crippen molar-refractivity contribution in [2.45, 2.75) is 0 Å². The zero-order chi connectivity index (χ0) is 16.5. The molecule has 2 N–H and O–H groups in total. The molecule has 0 saturated heterocycles. The highest BCUT2D eigenvalue weighted by Gasteiger charge is 2.16. The molecule has 0 aliphatic carbocycles. The lowest BCUT2D eigenvalue weighted by molar-refractivity contribution is 0.0959. The van der Waals surface area contributed by atoms with Crippen molar-refractivity contribution in [3.05, 3.63) is 70.2 Å². The van der Waals surface area contributed by atoms with Crippen LogP contribution in [0.2, 0.25) is 5.02 Å². The summed E-state index contributed by atoms with van der Waals surface area (Å²) in [6.45, 7) is 0. The van der Waals surface area contributed by atoms with Crippen molar-refractivity contribution in [3.8, 4) is 0 Å². The first-order valence-corrected chi connectivity index (χ1v) is 8.50. The number of para-hydroxylation sites is 1. The molecule has 0 aliphatic rings. The van der Waals surface area contributed by atoms with E-state index in [0.29, 0.717) is 9.90 Å². The maximum Gasteiger partial charge on any atom is 0.283 e. The van der Waals surface area contributed by atoms with Crippen LogP contribution in [0, 0.1) is 0 Å². The molecule has 118 valence electrons. The number of hydrazone groups is 1. The average molecular weight is 354 g/mol.